The zero-order chi connectivity index (χ0) is 15.5. The molecule has 0 atom stereocenters. The fourth-order valence-corrected chi connectivity index (χ4v) is 2.35. The first kappa shape index (κ1) is 13.8. The summed E-state index contributed by atoms with van der Waals surface area (Å²) in [7, 11) is 0. The van der Waals surface area contributed by atoms with Crippen LogP contribution in [0, 0.1) is 18.3 Å². The van der Waals surface area contributed by atoms with Crippen LogP contribution in [0.2, 0.25) is 0 Å². The lowest BCUT2D eigenvalue weighted by atomic mass is 10.2. The van der Waals surface area contributed by atoms with Gasteiger partial charge in [0.15, 0.2) is 0 Å². The molecule has 0 saturated heterocycles. The van der Waals surface area contributed by atoms with E-state index in [1.165, 1.54) is 5.56 Å². The molecule has 0 radical (unpaired) electrons. The van der Waals surface area contributed by atoms with Gasteiger partial charge in [0, 0.05) is 11.4 Å². The predicted molar refractivity (Wildman–Crippen MR) is 84.7 cm³/mol. The molecule has 3 rings (SSSR count). The van der Waals surface area contributed by atoms with Crippen LogP contribution >= 0.6 is 0 Å². The number of imidazole rings is 1. The van der Waals surface area contributed by atoms with E-state index < -0.39 is 0 Å². The Balaban J connectivity index is 1.96. The SMILES string of the molecule is Cc1cccc(-n2cnc3cc(NC(=O)CC#N)ccc32)c1. The summed E-state index contributed by atoms with van der Waals surface area (Å²) in [5.41, 5.74) is 4.62. The van der Waals surface area contributed by atoms with Gasteiger partial charge < -0.3 is 5.32 Å². The van der Waals surface area contributed by atoms with Crippen LogP contribution in [0.15, 0.2) is 48.8 Å². The second-order valence-electron chi connectivity index (χ2n) is 5.04. The van der Waals surface area contributed by atoms with Crippen molar-refractivity contribution in [3.05, 3.63) is 54.4 Å². The summed E-state index contributed by atoms with van der Waals surface area (Å²) in [6.07, 6.45) is 1.61. The van der Waals surface area contributed by atoms with Gasteiger partial charge in [0.25, 0.3) is 0 Å². The molecule has 22 heavy (non-hydrogen) atoms. The van der Waals surface area contributed by atoms with Gasteiger partial charge in [0.1, 0.15) is 12.7 Å². The first-order chi connectivity index (χ1) is 10.7. The molecule has 1 aromatic heterocycles. The van der Waals surface area contributed by atoms with Gasteiger partial charge in [-0.1, -0.05) is 12.1 Å². The zero-order valence-corrected chi connectivity index (χ0v) is 12.1. The van der Waals surface area contributed by atoms with Crippen LogP contribution < -0.4 is 5.32 Å². The Morgan fingerprint density at radius 3 is 2.95 bits per heavy atom. The number of aromatic nitrogens is 2. The van der Waals surface area contributed by atoms with Gasteiger partial charge >= 0.3 is 0 Å². The van der Waals surface area contributed by atoms with Crippen molar-refractivity contribution in [3.63, 3.8) is 0 Å². The first-order valence-corrected chi connectivity index (χ1v) is 6.88. The van der Waals surface area contributed by atoms with Crippen molar-refractivity contribution in [2.24, 2.45) is 0 Å². The van der Waals surface area contributed by atoms with E-state index >= 15 is 0 Å². The highest BCUT2D eigenvalue weighted by Crippen LogP contribution is 2.22. The van der Waals surface area contributed by atoms with Gasteiger partial charge in [0.05, 0.1) is 17.1 Å². The Labute approximate surface area is 127 Å². The van der Waals surface area contributed by atoms with Crippen molar-refractivity contribution in [2.45, 2.75) is 13.3 Å². The van der Waals surface area contributed by atoms with E-state index in [9.17, 15) is 4.79 Å². The summed E-state index contributed by atoms with van der Waals surface area (Å²) in [6.45, 7) is 2.05. The second-order valence-corrected chi connectivity index (χ2v) is 5.04. The van der Waals surface area contributed by atoms with Crippen LogP contribution in [0.25, 0.3) is 16.7 Å². The summed E-state index contributed by atoms with van der Waals surface area (Å²) in [6, 6.07) is 15.5. The molecule has 0 spiro atoms. The summed E-state index contributed by atoms with van der Waals surface area (Å²) in [5, 5.41) is 11.2. The van der Waals surface area contributed by atoms with Gasteiger partial charge in [0.2, 0.25) is 5.91 Å². The van der Waals surface area contributed by atoms with Crippen molar-refractivity contribution in [1.29, 1.82) is 5.26 Å². The monoisotopic (exact) mass is 290 g/mol. The molecular weight excluding hydrogens is 276 g/mol. The van der Waals surface area contributed by atoms with Crippen LogP contribution in [0.3, 0.4) is 0 Å². The normalized spacial score (nSPS) is 10.4. The number of rotatable bonds is 3. The number of hydrogen-bond acceptors (Lipinski definition) is 3. The molecule has 0 bridgehead atoms. The van der Waals surface area contributed by atoms with E-state index in [2.05, 4.69) is 16.4 Å². The Morgan fingerprint density at radius 1 is 1.32 bits per heavy atom. The summed E-state index contributed by atoms with van der Waals surface area (Å²) < 4.78 is 2.00. The quantitative estimate of drug-likeness (QED) is 0.805. The van der Waals surface area contributed by atoms with Crippen molar-refractivity contribution >= 4 is 22.6 Å². The summed E-state index contributed by atoms with van der Waals surface area (Å²) >= 11 is 0. The molecular formula is C17H14N4O. The molecule has 0 aliphatic rings. The predicted octanol–water partition coefficient (Wildman–Crippen LogP) is 3.19. The average Bonchev–Trinajstić information content (AvgIpc) is 2.90. The molecule has 3 aromatic rings. The van der Waals surface area contributed by atoms with E-state index in [-0.39, 0.29) is 12.3 Å². The minimum atomic E-state index is -0.319. The van der Waals surface area contributed by atoms with Crippen LogP contribution in [-0.2, 0) is 4.79 Å². The third kappa shape index (κ3) is 2.67. The highest BCUT2D eigenvalue weighted by molar-refractivity contribution is 5.94. The Kier molecular flexibility index (Phi) is 3.58. The van der Waals surface area contributed by atoms with Gasteiger partial charge in [-0.2, -0.15) is 5.26 Å². The lowest BCUT2D eigenvalue weighted by Crippen LogP contribution is -2.09. The van der Waals surface area contributed by atoms with Gasteiger partial charge in [-0.05, 0) is 42.8 Å². The number of carbonyl (C=O) groups excluding carboxylic acids is 1. The number of amides is 1. The number of nitriles is 1. The van der Waals surface area contributed by atoms with Gasteiger partial charge in [-0.15, -0.1) is 0 Å². The minimum Gasteiger partial charge on any atom is -0.325 e. The van der Waals surface area contributed by atoms with E-state index in [1.807, 2.05) is 47.9 Å². The first-order valence-electron chi connectivity index (χ1n) is 6.88. The van der Waals surface area contributed by atoms with E-state index in [4.69, 9.17) is 5.26 Å². The Bertz CT molecular complexity index is 889. The number of hydrogen-bond donors (Lipinski definition) is 1. The fraction of sp³-hybridized carbons (Fsp3) is 0.118. The number of aryl methyl sites for hydroxylation is 1. The third-order valence-corrected chi connectivity index (χ3v) is 3.35. The molecule has 0 aliphatic carbocycles. The molecule has 5 heteroatoms. The van der Waals surface area contributed by atoms with Crippen molar-refractivity contribution in [3.8, 4) is 11.8 Å². The van der Waals surface area contributed by atoms with Crippen molar-refractivity contribution in [1.82, 2.24) is 9.55 Å². The lowest BCUT2D eigenvalue weighted by molar-refractivity contribution is -0.115. The molecule has 1 N–H and O–H groups in total. The fourth-order valence-electron chi connectivity index (χ4n) is 2.35. The van der Waals surface area contributed by atoms with Crippen molar-refractivity contribution < 1.29 is 4.79 Å². The molecule has 1 amide bonds. The maximum atomic E-state index is 11.5. The number of carbonyl (C=O) groups is 1. The number of anilines is 1. The van der Waals surface area contributed by atoms with Crippen molar-refractivity contribution in [2.75, 3.05) is 5.32 Å². The van der Waals surface area contributed by atoms with E-state index in [0.29, 0.717) is 5.69 Å². The van der Waals surface area contributed by atoms with Crippen LogP contribution in [0.1, 0.15) is 12.0 Å². The second kappa shape index (κ2) is 5.70. The smallest absolute Gasteiger partial charge is 0.238 e. The van der Waals surface area contributed by atoms with Crippen LogP contribution in [-0.4, -0.2) is 15.5 Å². The topological polar surface area (TPSA) is 70.7 Å². The standard InChI is InChI=1S/C17H14N4O/c1-12-3-2-4-14(9-12)21-11-19-15-10-13(5-6-16(15)21)20-17(22)7-8-18/h2-6,9-11H,7H2,1H3,(H,20,22). The molecule has 0 saturated carbocycles. The number of nitrogens with one attached hydrogen (secondary N) is 1. The third-order valence-electron chi connectivity index (χ3n) is 3.35. The van der Waals surface area contributed by atoms with Crippen LogP contribution in [0.5, 0.6) is 0 Å². The van der Waals surface area contributed by atoms with Gasteiger partial charge in [-0.3, -0.25) is 9.36 Å². The maximum Gasteiger partial charge on any atom is 0.238 e. The number of fused-ring (bicyclic) bond motifs is 1. The molecule has 2 aromatic carbocycles. The summed E-state index contributed by atoms with van der Waals surface area (Å²) in [5.74, 6) is -0.319. The van der Waals surface area contributed by atoms with E-state index in [1.54, 1.807) is 12.4 Å². The Morgan fingerprint density at radius 2 is 2.18 bits per heavy atom. The molecule has 0 aliphatic heterocycles. The van der Waals surface area contributed by atoms with Gasteiger partial charge in [-0.25, -0.2) is 4.98 Å². The Hall–Kier alpha value is -3.13. The van der Waals surface area contributed by atoms with E-state index in [0.717, 1.165) is 16.7 Å². The molecule has 0 unspecified atom stereocenters. The number of benzene rings is 2. The average molecular weight is 290 g/mol. The minimum absolute atomic E-state index is 0.157. The lowest BCUT2D eigenvalue weighted by Gasteiger charge is -2.06. The molecule has 1 heterocycles. The maximum absolute atomic E-state index is 11.5. The number of nitrogens with zero attached hydrogens (tertiary/aromatic N) is 3. The largest absolute Gasteiger partial charge is 0.325 e. The highest BCUT2D eigenvalue weighted by atomic mass is 16.1. The zero-order valence-electron chi connectivity index (χ0n) is 12.1. The molecule has 0 fully saturated rings. The molecule has 5 nitrogen and oxygen atoms in total. The summed E-state index contributed by atoms with van der Waals surface area (Å²) in [4.78, 5) is 15.8. The molecule has 108 valence electrons. The highest BCUT2D eigenvalue weighted by Gasteiger charge is 2.07. The van der Waals surface area contributed by atoms with Crippen LogP contribution in [0.4, 0.5) is 5.69 Å².